The second-order valence-electron chi connectivity index (χ2n) is 5.94. The van der Waals surface area contributed by atoms with Gasteiger partial charge in [0.15, 0.2) is 17.5 Å². The van der Waals surface area contributed by atoms with Gasteiger partial charge >= 0.3 is 0 Å². The zero-order valence-electron chi connectivity index (χ0n) is 15.6. The van der Waals surface area contributed by atoms with Gasteiger partial charge in [-0.3, -0.25) is 4.99 Å². The Morgan fingerprint density at radius 2 is 2.00 bits per heavy atom. The fraction of sp³-hybridized carbons (Fsp3) is 0.316. The van der Waals surface area contributed by atoms with Gasteiger partial charge in [0.25, 0.3) is 0 Å². The van der Waals surface area contributed by atoms with Crippen LogP contribution in [0, 0.1) is 0 Å². The van der Waals surface area contributed by atoms with Crippen molar-refractivity contribution in [3.05, 3.63) is 47.5 Å². The molecule has 0 bridgehead atoms. The zero-order chi connectivity index (χ0) is 18.5. The molecule has 3 rings (SSSR count). The van der Waals surface area contributed by atoms with Crippen molar-refractivity contribution in [1.29, 1.82) is 0 Å². The Bertz CT molecular complexity index is 814. The van der Waals surface area contributed by atoms with Crippen LogP contribution in [0.15, 0.2) is 41.4 Å². The highest BCUT2D eigenvalue weighted by molar-refractivity contribution is 14.0. The molecule has 27 heavy (non-hydrogen) atoms. The molecule has 8 heteroatoms. The van der Waals surface area contributed by atoms with Gasteiger partial charge < -0.3 is 29.5 Å². The predicted octanol–water partition coefficient (Wildman–Crippen LogP) is 2.95. The van der Waals surface area contributed by atoms with Gasteiger partial charge in [0.05, 0.1) is 7.11 Å². The number of rotatable bonds is 5. The van der Waals surface area contributed by atoms with E-state index in [4.69, 9.17) is 14.2 Å². The summed E-state index contributed by atoms with van der Waals surface area (Å²) in [5.41, 5.74) is 1.82. The monoisotopic (exact) mass is 485 g/mol. The van der Waals surface area contributed by atoms with Crippen molar-refractivity contribution in [2.45, 2.75) is 13.1 Å². The number of aromatic hydroxyl groups is 1. The molecule has 2 aromatic rings. The number of benzene rings is 2. The van der Waals surface area contributed by atoms with Gasteiger partial charge in [-0.1, -0.05) is 6.07 Å². The average Bonchev–Trinajstić information content (AvgIpc) is 3.11. The quantitative estimate of drug-likeness (QED) is 0.386. The van der Waals surface area contributed by atoms with Crippen LogP contribution in [-0.2, 0) is 13.1 Å². The van der Waals surface area contributed by atoms with E-state index in [1.165, 1.54) is 0 Å². The summed E-state index contributed by atoms with van der Waals surface area (Å²) >= 11 is 0. The minimum absolute atomic E-state index is 0. The van der Waals surface area contributed by atoms with Crippen molar-refractivity contribution in [2.24, 2.45) is 4.99 Å². The van der Waals surface area contributed by atoms with Crippen molar-refractivity contribution >= 4 is 29.9 Å². The van der Waals surface area contributed by atoms with E-state index in [1.54, 1.807) is 32.4 Å². The summed E-state index contributed by atoms with van der Waals surface area (Å²) in [5.74, 6) is 3.16. The maximum Gasteiger partial charge on any atom is 0.231 e. The molecule has 7 nitrogen and oxygen atoms in total. The summed E-state index contributed by atoms with van der Waals surface area (Å²) < 4.78 is 16.0. The number of aliphatic imine (C=N–C) groups is 1. The van der Waals surface area contributed by atoms with Crippen LogP contribution < -0.4 is 19.5 Å². The van der Waals surface area contributed by atoms with Crippen molar-refractivity contribution in [1.82, 2.24) is 10.2 Å². The molecule has 1 heterocycles. The molecular formula is C19H24IN3O4. The molecule has 0 atom stereocenters. The fourth-order valence-electron chi connectivity index (χ4n) is 2.78. The highest BCUT2D eigenvalue weighted by Crippen LogP contribution is 2.32. The van der Waals surface area contributed by atoms with E-state index in [-0.39, 0.29) is 36.5 Å². The molecule has 0 aromatic heterocycles. The summed E-state index contributed by atoms with van der Waals surface area (Å²) in [6.45, 7) is 1.35. The number of hydrogen-bond acceptors (Lipinski definition) is 5. The van der Waals surface area contributed by atoms with Crippen LogP contribution in [-0.4, -0.2) is 44.0 Å². The highest BCUT2D eigenvalue weighted by atomic mass is 127. The Hall–Kier alpha value is -2.36. The lowest BCUT2D eigenvalue weighted by atomic mass is 10.2. The Labute approximate surface area is 176 Å². The first kappa shape index (κ1) is 20.9. The molecule has 0 saturated carbocycles. The molecule has 1 aliphatic heterocycles. The lowest BCUT2D eigenvalue weighted by Crippen LogP contribution is -2.38. The number of ether oxygens (including phenoxy) is 3. The lowest BCUT2D eigenvalue weighted by molar-refractivity contribution is 0.174. The smallest absolute Gasteiger partial charge is 0.231 e. The van der Waals surface area contributed by atoms with Gasteiger partial charge in [0.1, 0.15) is 11.5 Å². The standard InChI is InChI=1S/C19H23N3O4.HI/c1-20-19(21-10-14-9-15(24-3)5-6-16(14)23)22(2)11-13-4-7-17-18(8-13)26-12-25-17;/h4-9,23H,10-12H2,1-3H3,(H,20,21);1H. The summed E-state index contributed by atoms with van der Waals surface area (Å²) in [4.78, 5) is 6.30. The normalized spacial score (nSPS) is 12.3. The van der Waals surface area contributed by atoms with Crippen molar-refractivity contribution in [2.75, 3.05) is 28.0 Å². The third kappa shape index (κ3) is 5.09. The number of halogens is 1. The minimum Gasteiger partial charge on any atom is -0.508 e. The lowest BCUT2D eigenvalue weighted by Gasteiger charge is -2.22. The van der Waals surface area contributed by atoms with Crippen LogP contribution in [0.3, 0.4) is 0 Å². The Morgan fingerprint density at radius 3 is 2.74 bits per heavy atom. The predicted molar refractivity (Wildman–Crippen MR) is 114 cm³/mol. The minimum atomic E-state index is 0. The summed E-state index contributed by atoms with van der Waals surface area (Å²) in [6, 6.07) is 11.0. The first-order valence-electron chi connectivity index (χ1n) is 8.27. The summed E-state index contributed by atoms with van der Waals surface area (Å²) in [5, 5.41) is 13.3. The SMILES string of the molecule is CN=C(NCc1cc(OC)ccc1O)N(C)Cc1ccc2c(c1)OCO2.I. The van der Waals surface area contributed by atoms with Crippen LogP contribution in [0.4, 0.5) is 0 Å². The van der Waals surface area contributed by atoms with Crippen LogP contribution in [0.2, 0.25) is 0 Å². The number of nitrogens with one attached hydrogen (secondary N) is 1. The number of phenolic OH excluding ortho intramolecular Hbond substituents is 1. The molecule has 0 spiro atoms. The molecule has 0 saturated heterocycles. The van der Waals surface area contributed by atoms with E-state index in [0.29, 0.717) is 24.8 Å². The van der Waals surface area contributed by atoms with E-state index >= 15 is 0 Å². The third-order valence-electron chi connectivity index (χ3n) is 4.15. The maximum atomic E-state index is 10.0. The maximum absolute atomic E-state index is 10.0. The van der Waals surface area contributed by atoms with Gasteiger partial charge in [-0.2, -0.15) is 0 Å². The molecule has 0 unspecified atom stereocenters. The van der Waals surface area contributed by atoms with Crippen molar-refractivity contribution in [3.8, 4) is 23.0 Å². The van der Waals surface area contributed by atoms with Crippen LogP contribution >= 0.6 is 24.0 Å². The van der Waals surface area contributed by atoms with E-state index in [1.807, 2.05) is 30.1 Å². The zero-order valence-corrected chi connectivity index (χ0v) is 17.9. The molecule has 2 N–H and O–H groups in total. The number of nitrogens with zero attached hydrogens (tertiary/aromatic N) is 2. The molecule has 1 aliphatic rings. The second kappa shape index (κ2) is 9.54. The van der Waals surface area contributed by atoms with Gasteiger partial charge in [0.2, 0.25) is 6.79 Å². The molecule has 0 aliphatic carbocycles. The second-order valence-corrected chi connectivity index (χ2v) is 5.94. The number of guanidine groups is 1. The molecule has 0 amide bonds. The first-order chi connectivity index (χ1) is 12.6. The van der Waals surface area contributed by atoms with Crippen LogP contribution in [0.25, 0.3) is 0 Å². The van der Waals surface area contributed by atoms with Gasteiger partial charge in [0, 0.05) is 32.7 Å². The third-order valence-corrected chi connectivity index (χ3v) is 4.15. The van der Waals surface area contributed by atoms with Gasteiger partial charge in [-0.15, -0.1) is 24.0 Å². The number of phenols is 1. The molecular weight excluding hydrogens is 461 g/mol. The van der Waals surface area contributed by atoms with Crippen LogP contribution in [0.1, 0.15) is 11.1 Å². The van der Waals surface area contributed by atoms with E-state index in [2.05, 4.69) is 10.3 Å². The summed E-state index contributed by atoms with van der Waals surface area (Å²) in [6.07, 6.45) is 0. The highest BCUT2D eigenvalue weighted by Gasteiger charge is 2.15. The number of hydrogen-bond donors (Lipinski definition) is 2. The fourth-order valence-corrected chi connectivity index (χ4v) is 2.78. The van der Waals surface area contributed by atoms with Crippen LogP contribution in [0.5, 0.6) is 23.0 Å². The summed E-state index contributed by atoms with van der Waals surface area (Å²) in [7, 11) is 5.27. The van der Waals surface area contributed by atoms with E-state index < -0.39 is 0 Å². The average molecular weight is 485 g/mol. The molecule has 0 fully saturated rings. The number of methoxy groups -OCH3 is 1. The van der Waals surface area contributed by atoms with E-state index in [9.17, 15) is 5.11 Å². The molecule has 146 valence electrons. The van der Waals surface area contributed by atoms with Gasteiger partial charge in [-0.05, 0) is 35.9 Å². The Kier molecular flexibility index (Phi) is 7.40. The largest absolute Gasteiger partial charge is 0.508 e. The Balaban J connectivity index is 0.00000261. The first-order valence-corrected chi connectivity index (χ1v) is 8.27. The molecule has 0 radical (unpaired) electrons. The van der Waals surface area contributed by atoms with E-state index in [0.717, 1.165) is 22.6 Å². The molecule has 2 aromatic carbocycles. The van der Waals surface area contributed by atoms with Crippen molar-refractivity contribution < 1.29 is 19.3 Å². The number of fused-ring (bicyclic) bond motifs is 1. The topological polar surface area (TPSA) is 75.6 Å². The van der Waals surface area contributed by atoms with Gasteiger partial charge in [-0.25, -0.2) is 0 Å². The van der Waals surface area contributed by atoms with Crippen molar-refractivity contribution in [3.63, 3.8) is 0 Å². The Morgan fingerprint density at radius 1 is 1.22 bits per heavy atom.